The van der Waals surface area contributed by atoms with E-state index < -0.39 is 11.7 Å². The van der Waals surface area contributed by atoms with Crippen LogP contribution in [0.2, 0.25) is 0 Å². The molecule has 2 heterocycles. The maximum Gasteiger partial charge on any atom is 0.413 e. The van der Waals surface area contributed by atoms with Crippen molar-refractivity contribution in [2.24, 2.45) is 0 Å². The predicted octanol–water partition coefficient (Wildman–Crippen LogP) is 3.35. The number of fused-ring (bicyclic) bond motifs is 1. The Morgan fingerprint density at radius 3 is 2.83 bits per heavy atom. The van der Waals surface area contributed by atoms with Gasteiger partial charge in [-0.25, -0.2) is 9.78 Å². The van der Waals surface area contributed by atoms with Gasteiger partial charge in [-0.15, -0.1) is 0 Å². The lowest BCUT2D eigenvalue weighted by Gasteiger charge is -2.18. The molecule has 0 saturated heterocycles. The van der Waals surface area contributed by atoms with Gasteiger partial charge in [-0.2, -0.15) is 4.98 Å². The quantitative estimate of drug-likeness (QED) is 0.858. The van der Waals surface area contributed by atoms with Gasteiger partial charge in [0.05, 0.1) is 4.70 Å². The second-order valence-electron chi connectivity index (χ2n) is 4.98. The number of anilines is 1. The Labute approximate surface area is 109 Å². The number of nitrogens with one attached hydrogen (secondary N) is 1. The van der Waals surface area contributed by atoms with E-state index in [1.165, 1.54) is 11.3 Å². The largest absolute Gasteiger partial charge is 0.444 e. The number of thiazole rings is 1. The van der Waals surface area contributed by atoms with Crippen LogP contribution in [0.4, 0.5) is 9.93 Å². The summed E-state index contributed by atoms with van der Waals surface area (Å²) in [6.45, 7) is 7.41. The van der Waals surface area contributed by atoms with Crippen LogP contribution in [0.25, 0.3) is 10.3 Å². The second kappa shape index (κ2) is 4.53. The van der Waals surface area contributed by atoms with Crippen LogP contribution in [0.1, 0.15) is 26.3 Å². The first kappa shape index (κ1) is 12.8. The lowest BCUT2D eigenvalue weighted by molar-refractivity contribution is 0.0636. The summed E-state index contributed by atoms with van der Waals surface area (Å²) < 4.78 is 6.10. The smallest absolute Gasteiger partial charge is 0.413 e. The highest BCUT2D eigenvalue weighted by molar-refractivity contribution is 7.22. The number of aryl methyl sites for hydroxylation is 1. The van der Waals surface area contributed by atoms with Crippen molar-refractivity contribution in [1.82, 2.24) is 9.97 Å². The summed E-state index contributed by atoms with van der Waals surface area (Å²) in [5, 5.41) is 3.11. The predicted molar refractivity (Wildman–Crippen MR) is 72.0 cm³/mol. The summed E-state index contributed by atoms with van der Waals surface area (Å²) in [6.07, 6.45) is 1.25. The van der Waals surface area contributed by atoms with Crippen molar-refractivity contribution in [3.63, 3.8) is 0 Å². The molecule has 0 spiro atoms. The number of aromatic nitrogens is 2. The summed E-state index contributed by atoms with van der Waals surface area (Å²) in [5.41, 5.74) is 1.18. The van der Waals surface area contributed by atoms with Crippen LogP contribution in [0, 0.1) is 6.92 Å². The third-order valence-corrected chi connectivity index (χ3v) is 2.90. The first-order valence-corrected chi connectivity index (χ1v) is 6.38. The molecule has 2 rings (SSSR count). The van der Waals surface area contributed by atoms with E-state index >= 15 is 0 Å². The van der Waals surface area contributed by atoms with Crippen LogP contribution in [-0.4, -0.2) is 21.7 Å². The highest BCUT2D eigenvalue weighted by Crippen LogP contribution is 2.25. The van der Waals surface area contributed by atoms with E-state index in [-0.39, 0.29) is 0 Å². The molecule has 0 aliphatic heterocycles. The molecule has 1 amide bonds. The minimum atomic E-state index is -0.518. The first-order chi connectivity index (χ1) is 8.33. The Balaban J connectivity index is 2.15. The zero-order chi connectivity index (χ0) is 13.3. The minimum absolute atomic E-state index is 0.498. The van der Waals surface area contributed by atoms with Crippen molar-refractivity contribution in [3.05, 3.63) is 17.8 Å². The van der Waals surface area contributed by atoms with Crippen LogP contribution in [-0.2, 0) is 4.74 Å². The molecule has 1 N–H and O–H groups in total. The van der Waals surface area contributed by atoms with Gasteiger partial charge in [-0.1, -0.05) is 11.3 Å². The fourth-order valence-electron chi connectivity index (χ4n) is 1.36. The number of ether oxygens (including phenoxy) is 1. The van der Waals surface area contributed by atoms with Crippen LogP contribution in [0.5, 0.6) is 0 Å². The molecule has 0 unspecified atom stereocenters. The Bertz CT molecular complexity index is 587. The molecule has 5 nitrogen and oxygen atoms in total. The lowest BCUT2D eigenvalue weighted by atomic mass is 10.2. The second-order valence-corrected chi connectivity index (χ2v) is 6.01. The number of carbonyl (C=O) groups is 1. The topological polar surface area (TPSA) is 64.1 Å². The van der Waals surface area contributed by atoms with Gasteiger partial charge in [0, 0.05) is 6.20 Å². The molecule has 2 aromatic rings. The number of hydrogen-bond acceptors (Lipinski definition) is 5. The summed E-state index contributed by atoms with van der Waals surface area (Å²) in [5.74, 6) is 0. The van der Waals surface area contributed by atoms with E-state index in [1.807, 2.05) is 33.8 Å². The standard InChI is InChI=1S/C12H15N3O2S/c1-7-5-8-9(13-6-7)14-10(18-8)15-11(16)17-12(2,3)4/h5-6H,1-4H3,(H,13,14,15,16). The van der Waals surface area contributed by atoms with Crippen LogP contribution >= 0.6 is 11.3 Å². The fraction of sp³-hybridized carbons (Fsp3) is 0.417. The summed E-state index contributed by atoms with van der Waals surface area (Å²) in [7, 11) is 0. The number of nitrogens with zero attached hydrogens (tertiary/aromatic N) is 2. The molecule has 0 fully saturated rings. The summed E-state index contributed by atoms with van der Waals surface area (Å²) >= 11 is 1.38. The van der Waals surface area contributed by atoms with Crippen molar-refractivity contribution in [2.45, 2.75) is 33.3 Å². The number of rotatable bonds is 1. The molecule has 0 radical (unpaired) electrons. The van der Waals surface area contributed by atoms with Gasteiger partial charge in [-0.05, 0) is 39.3 Å². The number of pyridine rings is 1. The average Bonchev–Trinajstić information content (AvgIpc) is 2.55. The van der Waals surface area contributed by atoms with E-state index in [4.69, 9.17) is 4.74 Å². The molecule has 0 bridgehead atoms. The third-order valence-electron chi connectivity index (χ3n) is 1.99. The fourth-order valence-corrected chi connectivity index (χ4v) is 2.27. The Kier molecular flexibility index (Phi) is 3.21. The van der Waals surface area contributed by atoms with Crippen LogP contribution in [0.3, 0.4) is 0 Å². The number of hydrogen-bond donors (Lipinski definition) is 1. The van der Waals surface area contributed by atoms with E-state index in [1.54, 1.807) is 6.20 Å². The molecule has 0 aliphatic carbocycles. The molecule has 0 aliphatic rings. The molecule has 18 heavy (non-hydrogen) atoms. The molecule has 0 atom stereocenters. The highest BCUT2D eigenvalue weighted by Gasteiger charge is 2.17. The SMILES string of the molecule is Cc1cnc2nc(NC(=O)OC(C)(C)C)sc2c1. The van der Waals surface area contributed by atoms with E-state index in [0.717, 1.165) is 10.3 Å². The van der Waals surface area contributed by atoms with Crippen molar-refractivity contribution in [2.75, 3.05) is 5.32 Å². The molecular formula is C12H15N3O2S. The first-order valence-electron chi connectivity index (χ1n) is 5.57. The van der Waals surface area contributed by atoms with Crippen LogP contribution < -0.4 is 5.32 Å². The zero-order valence-corrected chi connectivity index (χ0v) is 11.6. The lowest BCUT2D eigenvalue weighted by Crippen LogP contribution is -2.27. The van der Waals surface area contributed by atoms with Gasteiger partial charge in [0.1, 0.15) is 5.60 Å². The van der Waals surface area contributed by atoms with E-state index in [9.17, 15) is 4.79 Å². The van der Waals surface area contributed by atoms with Gasteiger partial charge in [-0.3, -0.25) is 5.32 Å². The van der Waals surface area contributed by atoms with Gasteiger partial charge < -0.3 is 4.74 Å². The Hall–Kier alpha value is -1.69. The van der Waals surface area contributed by atoms with Gasteiger partial charge >= 0.3 is 6.09 Å². The molecule has 6 heteroatoms. The van der Waals surface area contributed by atoms with Gasteiger partial charge in [0.25, 0.3) is 0 Å². The van der Waals surface area contributed by atoms with Crippen molar-refractivity contribution in [1.29, 1.82) is 0 Å². The van der Waals surface area contributed by atoms with Gasteiger partial charge in [0.2, 0.25) is 0 Å². The molecular weight excluding hydrogens is 250 g/mol. The minimum Gasteiger partial charge on any atom is -0.444 e. The van der Waals surface area contributed by atoms with Crippen LogP contribution in [0.15, 0.2) is 12.3 Å². The average molecular weight is 265 g/mol. The monoisotopic (exact) mass is 265 g/mol. The van der Waals surface area contributed by atoms with Crippen molar-refractivity contribution < 1.29 is 9.53 Å². The van der Waals surface area contributed by atoms with Crippen molar-refractivity contribution in [3.8, 4) is 0 Å². The van der Waals surface area contributed by atoms with E-state index in [2.05, 4.69) is 15.3 Å². The van der Waals surface area contributed by atoms with Crippen molar-refractivity contribution >= 4 is 32.9 Å². The molecule has 96 valence electrons. The van der Waals surface area contributed by atoms with E-state index in [0.29, 0.717) is 10.8 Å². The maximum absolute atomic E-state index is 11.6. The molecule has 0 saturated carbocycles. The Morgan fingerprint density at radius 2 is 2.17 bits per heavy atom. The maximum atomic E-state index is 11.6. The Morgan fingerprint density at radius 1 is 1.44 bits per heavy atom. The number of amides is 1. The normalized spacial score (nSPS) is 11.6. The highest BCUT2D eigenvalue weighted by atomic mass is 32.1. The summed E-state index contributed by atoms with van der Waals surface area (Å²) in [4.78, 5) is 20.0. The zero-order valence-electron chi connectivity index (χ0n) is 10.8. The van der Waals surface area contributed by atoms with Gasteiger partial charge in [0.15, 0.2) is 10.8 Å². The number of carbonyl (C=O) groups excluding carboxylic acids is 1. The molecule has 2 aromatic heterocycles. The molecule has 0 aromatic carbocycles. The third kappa shape index (κ3) is 3.16. The summed E-state index contributed by atoms with van der Waals surface area (Å²) in [6, 6.07) is 1.99.